The smallest absolute Gasteiger partial charge is 0.103 e. The van der Waals surface area contributed by atoms with E-state index in [0.29, 0.717) is 0 Å². The van der Waals surface area contributed by atoms with Crippen LogP contribution in [0.1, 0.15) is 26.2 Å². The van der Waals surface area contributed by atoms with E-state index in [1.807, 2.05) is 6.92 Å². The first-order valence-electron chi connectivity index (χ1n) is 2.67. The van der Waals surface area contributed by atoms with E-state index in [4.69, 9.17) is 0 Å². The molecular formula is C5H9NO. The molecule has 1 aliphatic rings. The summed E-state index contributed by atoms with van der Waals surface area (Å²) < 4.78 is 0. The molecule has 40 valence electrons. The van der Waals surface area contributed by atoms with Gasteiger partial charge in [0.2, 0.25) is 0 Å². The first-order chi connectivity index (χ1) is 3.33. The van der Waals surface area contributed by atoms with Gasteiger partial charge in [0.15, 0.2) is 0 Å². The number of hydrogen-bond donors (Lipinski definition) is 0. The summed E-state index contributed by atoms with van der Waals surface area (Å²) in [5.41, 5.74) is -0.0972. The van der Waals surface area contributed by atoms with Crippen molar-refractivity contribution in [2.75, 3.05) is 0 Å². The number of nitroso groups, excluding NO2 is 1. The Hall–Kier alpha value is -0.400. The Bertz CT molecular complexity index is 86.1. The predicted molar refractivity (Wildman–Crippen MR) is 28.1 cm³/mol. The highest BCUT2D eigenvalue weighted by molar-refractivity contribution is 5.00. The zero-order chi connectivity index (χ0) is 5.33. The molecule has 0 spiro atoms. The van der Waals surface area contributed by atoms with E-state index in [1.165, 1.54) is 0 Å². The molecule has 7 heavy (non-hydrogen) atoms. The summed E-state index contributed by atoms with van der Waals surface area (Å²) >= 11 is 0. The summed E-state index contributed by atoms with van der Waals surface area (Å²) in [5, 5.41) is 3.00. The van der Waals surface area contributed by atoms with E-state index in [-0.39, 0.29) is 5.54 Å². The SMILES string of the molecule is CCC1(N=O)CC1. The van der Waals surface area contributed by atoms with E-state index in [0.717, 1.165) is 19.3 Å². The third-order valence-electron chi connectivity index (χ3n) is 1.68. The van der Waals surface area contributed by atoms with Crippen molar-refractivity contribution in [3.8, 4) is 0 Å². The zero-order valence-corrected chi connectivity index (χ0v) is 4.48. The molecular weight excluding hydrogens is 90.1 g/mol. The minimum atomic E-state index is -0.0972. The zero-order valence-electron chi connectivity index (χ0n) is 4.48. The van der Waals surface area contributed by atoms with Gasteiger partial charge in [-0.1, -0.05) is 12.1 Å². The summed E-state index contributed by atoms with van der Waals surface area (Å²) in [6, 6.07) is 0. The van der Waals surface area contributed by atoms with E-state index in [1.54, 1.807) is 0 Å². The first kappa shape index (κ1) is 4.75. The Kier molecular flexibility index (Phi) is 0.873. The summed E-state index contributed by atoms with van der Waals surface area (Å²) in [7, 11) is 0. The van der Waals surface area contributed by atoms with Gasteiger partial charge in [0, 0.05) is 0 Å². The van der Waals surface area contributed by atoms with Crippen LogP contribution in [0.4, 0.5) is 0 Å². The van der Waals surface area contributed by atoms with Crippen LogP contribution in [0.5, 0.6) is 0 Å². The van der Waals surface area contributed by atoms with Crippen molar-refractivity contribution in [1.29, 1.82) is 0 Å². The Morgan fingerprint density at radius 3 is 2.29 bits per heavy atom. The molecule has 0 aromatic carbocycles. The molecule has 0 radical (unpaired) electrons. The third-order valence-corrected chi connectivity index (χ3v) is 1.68. The molecule has 0 aromatic rings. The van der Waals surface area contributed by atoms with Gasteiger partial charge in [0.25, 0.3) is 0 Å². The van der Waals surface area contributed by atoms with Crippen LogP contribution in [0, 0.1) is 4.91 Å². The first-order valence-corrected chi connectivity index (χ1v) is 2.67. The van der Waals surface area contributed by atoms with Crippen molar-refractivity contribution in [2.45, 2.75) is 31.7 Å². The van der Waals surface area contributed by atoms with Gasteiger partial charge in [-0.25, -0.2) is 0 Å². The third kappa shape index (κ3) is 0.646. The lowest BCUT2D eigenvalue weighted by Gasteiger charge is -1.94. The quantitative estimate of drug-likeness (QED) is 0.484. The van der Waals surface area contributed by atoms with Gasteiger partial charge >= 0.3 is 0 Å². The second-order valence-corrected chi connectivity index (χ2v) is 2.17. The molecule has 0 amide bonds. The van der Waals surface area contributed by atoms with Gasteiger partial charge in [-0.3, -0.25) is 0 Å². The van der Waals surface area contributed by atoms with E-state index >= 15 is 0 Å². The molecule has 1 saturated carbocycles. The maximum Gasteiger partial charge on any atom is 0.103 e. The number of rotatable bonds is 2. The molecule has 0 bridgehead atoms. The van der Waals surface area contributed by atoms with Gasteiger partial charge in [0.1, 0.15) is 5.54 Å². The maximum atomic E-state index is 9.87. The number of hydrogen-bond acceptors (Lipinski definition) is 2. The van der Waals surface area contributed by atoms with Crippen molar-refractivity contribution in [1.82, 2.24) is 0 Å². The monoisotopic (exact) mass is 99.1 g/mol. The standard InChI is InChI=1S/C5H9NO/c1-2-5(6-7)3-4-5/h2-4H2,1H3. The molecule has 0 saturated heterocycles. The number of nitrogens with zero attached hydrogens (tertiary/aromatic N) is 1. The second-order valence-electron chi connectivity index (χ2n) is 2.17. The normalized spacial score (nSPS) is 24.1. The molecule has 1 rings (SSSR count). The van der Waals surface area contributed by atoms with Crippen LogP contribution >= 0.6 is 0 Å². The Labute approximate surface area is 42.9 Å². The van der Waals surface area contributed by atoms with Crippen LogP contribution in [-0.4, -0.2) is 5.54 Å². The van der Waals surface area contributed by atoms with Crippen LogP contribution in [0.15, 0.2) is 5.18 Å². The molecule has 0 heterocycles. The van der Waals surface area contributed by atoms with Gasteiger partial charge < -0.3 is 0 Å². The lowest BCUT2D eigenvalue weighted by molar-refractivity contribution is 0.647. The summed E-state index contributed by atoms with van der Waals surface area (Å²) in [6.07, 6.45) is 2.97. The highest BCUT2D eigenvalue weighted by Crippen LogP contribution is 2.42. The van der Waals surface area contributed by atoms with Crippen LogP contribution in [-0.2, 0) is 0 Å². The van der Waals surface area contributed by atoms with E-state index in [9.17, 15) is 4.91 Å². The fourth-order valence-electron chi connectivity index (χ4n) is 0.654. The van der Waals surface area contributed by atoms with Crippen LogP contribution in [0.25, 0.3) is 0 Å². The van der Waals surface area contributed by atoms with Gasteiger partial charge in [-0.05, 0) is 19.3 Å². The van der Waals surface area contributed by atoms with Crippen LogP contribution in [0.2, 0.25) is 0 Å². The van der Waals surface area contributed by atoms with Gasteiger partial charge in [-0.2, -0.15) is 4.91 Å². The molecule has 0 N–H and O–H groups in total. The lowest BCUT2D eigenvalue weighted by Crippen LogP contribution is -1.98. The fraction of sp³-hybridized carbons (Fsp3) is 1.00. The highest BCUT2D eigenvalue weighted by atomic mass is 16.3. The summed E-state index contributed by atoms with van der Waals surface area (Å²) in [4.78, 5) is 9.87. The highest BCUT2D eigenvalue weighted by Gasteiger charge is 2.42. The fourth-order valence-corrected chi connectivity index (χ4v) is 0.654. The summed E-state index contributed by atoms with van der Waals surface area (Å²) in [5.74, 6) is 0. The second kappa shape index (κ2) is 1.29. The Morgan fingerprint density at radius 1 is 1.71 bits per heavy atom. The van der Waals surface area contributed by atoms with Crippen LogP contribution < -0.4 is 0 Å². The van der Waals surface area contributed by atoms with Crippen LogP contribution in [0.3, 0.4) is 0 Å². The van der Waals surface area contributed by atoms with E-state index in [2.05, 4.69) is 5.18 Å². The molecule has 2 nitrogen and oxygen atoms in total. The van der Waals surface area contributed by atoms with Gasteiger partial charge in [0.05, 0.1) is 0 Å². The Morgan fingerprint density at radius 2 is 2.29 bits per heavy atom. The predicted octanol–water partition coefficient (Wildman–Crippen LogP) is 1.70. The Balaban J connectivity index is 2.42. The van der Waals surface area contributed by atoms with Crippen molar-refractivity contribution in [3.63, 3.8) is 0 Å². The minimum absolute atomic E-state index is 0.0972. The molecule has 0 aromatic heterocycles. The maximum absolute atomic E-state index is 9.87. The lowest BCUT2D eigenvalue weighted by atomic mass is 10.2. The van der Waals surface area contributed by atoms with Crippen molar-refractivity contribution < 1.29 is 0 Å². The molecule has 0 aliphatic heterocycles. The van der Waals surface area contributed by atoms with Gasteiger partial charge in [-0.15, -0.1) is 0 Å². The summed E-state index contributed by atoms with van der Waals surface area (Å²) in [6.45, 7) is 2.01. The molecule has 0 unspecified atom stereocenters. The molecule has 1 aliphatic carbocycles. The van der Waals surface area contributed by atoms with E-state index < -0.39 is 0 Å². The largest absolute Gasteiger partial charge is 0.150 e. The van der Waals surface area contributed by atoms with Crippen molar-refractivity contribution in [3.05, 3.63) is 4.91 Å². The average molecular weight is 99.1 g/mol. The van der Waals surface area contributed by atoms with Crippen molar-refractivity contribution >= 4 is 0 Å². The average Bonchev–Trinajstić information content (AvgIpc) is 2.46. The molecule has 2 heteroatoms. The topological polar surface area (TPSA) is 29.4 Å². The molecule has 1 fully saturated rings. The molecule has 0 atom stereocenters. The minimum Gasteiger partial charge on any atom is -0.150 e. The van der Waals surface area contributed by atoms with Crippen molar-refractivity contribution in [2.24, 2.45) is 5.18 Å².